The highest BCUT2D eigenvalue weighted by atomic mass is 19.1. The monoisotopic (exact) mass is 311 g/mol. The largest absolute Gasteiger partial charge is 0.491 e. The lowest BCUT2D eigenvalue weighted by atomic mass is 10.1. The Hall–Kier alpha value is -1.24. The van der Waals surface area contributed by atoms with Crippen LogP contribution in [-0.4, -0.2) is 62.2 Å². The van der Waals surface area contributed by atoms with E-state index in [2.05, 4.69) is 15.1 Å². The molecule has 0 aliphatic carbocycles. The lowest BCUT2D eigenvalue weighted by molar-refractivity contribution is 0.0980. The smallest absolute Gasteiger partial charge is 0.190 e. The Kier molecular flexibility index (Phi) is 4.90. The molecule has 2 heterocycles. The summed E-state index contributed by atoms with van der Waals surface area (Å²) in [6, 6.07) is 3.39. The van der Waals surface area contributed by atoms with E-state index in [9.17, 15) is 8.78 Å². The molecule has 0 spiro atoms. The SMILES string of the molecule is COc1c(F)cc(CN2CCN(C3CCNC3)CC2)cc1F. The summed E-state index contributed by atoms with van der Waals surface area (Å²) in [5.74, 6) is -1.57. The zero-order valence-electron chi connectivity index (χ0n) is 12.9. The molecule has 2 fully saturated rings. The highest BCUT2D eigenvalue weighted by molar-refractivity contribution is 5.31. The second-order valence-electron chi connectivity index (χ2n) is 6.05. The standard InChI is InChI=1S/C16H23F2N3O/c1-22-16-14(17)8-12(9-15(16)18)11-20-4-6-21(7-5-20)13-2-3-19-10-13/h8-9,13,19H,2-7,10-11H2,1H3. The fourth-order valence-electron chi connectivity index (χ4n) is 3.39. The molecule has 1 atom stereocenters. The van der Waals surface area contributed by atoms with Gasteiger partial charge in [0.25, 0.3) is 0 Å². The molecule has 1 N–H and O–H groups in total. The zero-order chi connectivity index (χ0) is 15.5. The third-order valence-corrected chi connectivity index (χ3v) is 4.63. The van der Waals surface area contributed by atoms with Crippen molar-refractivity contribution >= 4 is 0 Å². The number of piperazine rings is 1. The number of hydrogen-bond acceptors (Lipinski definition) is 4. The minimum absolute atomic E-state index is 0.303. The van der Waals surface area contributed by atoms with Crippen LogP contribution < -0.4 is 10.1 Å². The summed E-state index contributed by atoms with van der Waals surface area (Å²) < 4.78 is 32.2. The number of halogens is 2. The van der Waals surface area contributed by atoms with Crippen molar-refractivity contribution in [2.24, 2.45) is 0 Å². The predicted molar refractivity (Wildman–Crippen MR) is 81.0 cm³/mol. The van der Waals surface area contributed by atoms with Crippen molar-refractivity contribution in [2.45, 2.75) is 19.0 Å². The Morgan fingerprint density at radius 2 is 1.86 bits per heavy atom. The topological polar surface area (TPSA) is 27.7 Å². The van der Waals surface area contributed by atoms with Crippen molar-refractivity contribution in [3.05, 3.63) is 29.3 Å². The van der Waals surface area contributed by atoms with Gasteiger partial charge in [-0.1, -0.05) is 0 Å². The summed E-state index contributed by atoms with van der Waals surface area (Å²) in [5, 5.41) is 3.39. The second-order valence-corrected chi connectivity index (χ2v) is 6.05. The van der Waals surface area contributed by atoms with Gasteiger partial charge < -0.3 is 10.1 Å². The van der Waals surface area contributed by atoms with Crippen molar-refractivity contribution < 1.29 is 13.5 Å². The molecule has 1 unspecified atom stereocenters. The van der Waals surface area contributed by atoms with Gasteiger partial charge in [-0.3, -0.25) is 9.80 Å². The lowest BCUT2D eigenvalue weighted by Gasteiger charge is -2.37. The number of nitrogens with zero attached hydrogens (tertiary/aromatic N) is 2. The Morgan fingerprint density at radius 1 is 1.18 bits per heavy atom. The summed E-state index contributed by atoms with van der Waals surface area (Å²) in [6.07, 6.45) is 1.22. The summed E-state index contributed by atoms with van der Waals surface area (Å²) >= 11 is 0. The van der Waals surface area contributed by atoms with E-state index >= 15 is 0 Å². The Balaban J connectivity index is 1.56. The normalized spacial score (nSPS) is 23.9. The van der Waals surface area contributed by atoms with Crippen LogP contribution in [0.3, 0.4) is 0 Å². The first-order valence-corrected chi connectivity index (χ1v) is 7.86. The molecule has 2 aliphatic heterocycles. The van der Waals surface area contributed by atoms with Crippen LogP contribution in [0.25, 0.3) is 0 Å². The highest BCUT2D eigenvalue weighted by Crippen LogP contribution is 2.24. The molecule has 0 saturated carbocycles. The number of rotatable bonds is 4. The maximum Gasteiger partial charge on any atom is 0.190 e. The van der Waals surface area contributed by atoms with Gasteiger partial charge in [-0.2, -0.15) is 0 Å². The van der Waals surface area contributed by atoms with E-state index in [1.54, 1.807) is 0 Å². The van der Waals surface area contributed by atoms with Crippen LogP contribution in [0.5, 0.6) is 5.75 Å². The molecular formula is C16H23F2N3O. The van der Waals surface area contributed by atoms with Crippen LogP contribution in [0.1, 0.15) is 12.0 Å². The van der Waals surface area contributed by atoms with Gasteiger partial charge in [-0.05, 0) is 30.7 Å². The molecule has 3 rings (SSSR count). The fourth-order valence-corrected chi connectivity index (χ4v) is 3.39. The van der Waals surface area contributed by atoms with E-state index in [-0.39, 0.29) is 5.75 Å². The van der Waals surface area contributed by atoms with Crippen LogP contribution >= 0.6 is 0 Å². The van der Waals surface area contributed by atoms with Gasteiger partial charge in [-0.15, -0.1) is 0 Å². The van der Waals surface area contributed by atoms with Gasteiger partial charge in [0.15, 0.2) is 17.4 Å². The van der Waals surface area contributed by atoms with Gasteiger partial charge in [0.05, 0.1) is 7.11 Å². The maximum absolute atomic E-state index is 13.7. The van der Waals surface area contributed by atoms with Gasteiger partial charge in [-0.25, -0.2) is 8.78 Å². The second kappa shape index (κ2) is 6.89. The van der Waals surface area contributed by atoms with Gasteiger partial charge >= 0.3 is 0 Å². The van der Waals surface area contributed by atoms with Crippen LogP contribution in [0, 0.1) is 11.6 Å². The molecule has 6 heteroatoms. The van der Waals surface area contributed by atoms with Crippen LogP contribution in [0.15, 0.2) is 12.1 Å². The molecule has 1 aromatic rings. The Bertz CT molecular complexity index is 489. The predicted octanol–water partition coefficient (Wildman–Crippen LogP) is 1.45. The minimum Gasteiger partial charge on any atom is -0.491 e. The van der Waals surface area contributed by atoms with E-state index in [1.165, 1.54) is 25.7 Å². The van der Waals surface area contributed by atoms with Gasteiger partial charge in [0, 0.05) is 45.3 Å². The molecule has 1 aromatic carbocycles. The van der Waals surface area contributed by atoms with Gasteiger partial charge in [0.1, 0.15) is 0 Å². The lowest BCUT2D eigenvalue weighted by Crippen LogP contribution is -2.50. The molecule has 0 aromatic heterocycles. The number of ether oxygens (including phenoxy) is 1. The summed E-state index contributed by atoms with van der Waals surface area (Å²) in [7, 11) is 1.28. The zero-order valence-corrected chi connectivity index (χ0v) is 12.9. The summed E-state index contributed by atoms with van der Waals surface area (Å²) in [5.41, 5.74) is 0.659. The van der Waals surface area contributed by atoms with E-state index in [0.717, 1.165) is 39.3 Å². The number of methoxy groups -OCH3 is 1. The molecule has 22 heavy (non-hydrogen) atoms. The van der Waals surface area contributed by atoms with Crippen LogP contribution in [0.4, 0.5) is 8.78 Å². The quantitative estimate of drug-likeness (QED) is 0.911. The third-order valence-electron chi connectivity index (χ3n) is 4.63. The first-order chi connectivity index (χ1) is 10.7. The van der Waals surface area contributed by atoms with Crippen molar-refractivity contribution in [1.82, 2.24) is 15.1 Å². The molecule has 0 radical (unpaired) electrons. The van der Waals surface area contributed by atoms with E-state index in [0.29, 0.717) is 18.2 Å². The van der Waals surface area contributed by atoms with Crippen molar-refractivity contribution in [1.29, 1.82) is 0 Å². The Morgan fingerprint density at radius 3 is 2.41 bits per heavy atom. The average molecular weight is 311 g/mol. The summed E-state index contributed by atoms with van der Waals surface area (Å²) in [6.45, 7) is 6.68. The fraction of sp³-hybridized carbons (Fsp3) is 0.625. The first kappa shape index (κ1) is 15.6. The summed E-state index contributed by atoms with van der Waals surface area (Å²) in [4.78, 5) is 4.77. The van der Waals surface area contributed by atoms with Gasteiger partial charge in [0.2, 0.25) is 0 Å². The molecule has 0 bridgehead atoms. The molecular weight excluding hydrogens is 288 g/mol. The van der Waals surface area contributed by atoms with Crippen molar-refractivity contribution in [3.8, 4) is 5.75 Å². The molecule has 2 aliphatic rings. The minimum atomic E-state index is -0.631. The van der Waals surface area contributed by atoms with Crippen molar-refractivity contribution in [2.75, 3.05) is 46.4 Å². The van der Waals surface area contributed by atoms with Crippen molar-refractivity contribution in [3.63, 3.8) is 0 Å². The number of benzene rings is 1. The molecule has 4 nitrogen and oxygen atoms in total. The number of hydrogen-bond donors (Lipinski definition) is 1. The molecule has 2 saturated heterocycles. The van der Waals surface area contributed by atoms with E-state index in [1.807, 2.05) is 0 Å². The van der Waals surface area contributed by atoms with Crippen LogP contribution in [0.2, 0.25) is 0 Å². The van der Waals surface area contributed by atoms with Crippen LogP contribution in [-0.2, 0) is 6.54 Å². The highest BCUT2D eigenvalue weighted by Gasteiger charge is 2.26. The maximum atomic E-state index is 13.7. The first-order valence-electron chi connectivity index (χ1n) is 7.86. The average Bonchev–Trinajstić information content (AvgIpc) is 3.02. The van der Waals surface area contributed by atoms with E-state index in [4.69, 9.17) is 4.74 Å². The van der Waals surface area contributed by atoms with E-state index < -0.39 is 11.6 Å². The number of nitrogens with one attached hydrogen (secondary N) is 1. The molecule has 122 valence electrons. The Labute approximate surface area is 130 Å². The molecule has 0 amide bonds. The third kappa shape index (κ3) is 3.39.